The Morgan fingerprint density at radius 3 is 0.949 bits per heavy atom. The number of nitrogens with one attached hydrogen (secondary N) is 5. The van der Waals surface area contributed by atoms with Crippen molar-refractivity contribution < 1.29 is 93.9 Å². The number of benzene rings is 4. The number of nitrogens with zero attached hydrogens (tertiary/aromatic N) is 4. The van der Waals surface area contributed by atoms with E-state index in [0.29, 0.717) is 112 Å². The van der Waals surface area contributed by atoms with Crippen molar-refractivity contribution in [1.29, 1.82) is 0 Å². The van der Waals surface area contributed by atoms with Crippen LogP contribution in [0.2, 0.25) is 0 Å². The molecule has 4 aliphatic rings. The predicted molar refractivity (Wildman–Crippen MR) is 433 cm³/mol. The molecule has 12 rings (SSSR count). The van der Waals surface area contributed by atoms with Crippen molar-refractivity contribution in [3.8, 4) is 22.8 Å². The van der Waals surface area contributed by atoms with Gasteiger partial charge in [0.05, 0.1) is 67.5 Å². The number of likely N-dealkylation sites (tertiary alicyclic amines) is 4. The number of H-pyrrole nitrogens is 4. The zero-order valence-corrected chi connectivity index (χ0v) is 69.4. The number of aromatic amines is 4. The number of aromatic nitrogens is 4. The second-order valence-electron chi connectivity index (χ2n) is 33.5. The van der Waals surface area contributed by atoms with Gasteiger partial charge < -0.3 is 84.7 Å². The first-order valence-electron chi connectivity index (χ1n) is 40.5. The minimum atomic E-state index is -0.963. The van der Waals surface area contributed by atoms with Crippen molar-refractivity contribution in [2.24, 2.45) is 17.4 Å². The molecule has 5 amide bonds. The molecule has 4 aromatic heterocycles. The predicted octanol–water partition coefficient (Wildman–Crippen LogP) is 12.0. The van der Waals surface area contributed by atoms with Gasteiger partial charge in [0, 0.05) is 127 Å². The first-order chi connectivity index (χ1) is 55.7. The highest BCUT2D eigenvalue weighted by atomic mass is 19.1. The Bertz CT molecular complexity index is 4800. The molecular formula is C87H109F4N11O16. The van der Waals surface area contributed by atoms with Crippen LogP contribution < -0.4 is 16.8 Å². The molecule has 0 aliphatic carbocycles. The van der Waals surface area contributed by atoms with Gasteiger partial charge in [-0.1, -0.05) is 27.7 Å². The van der Waals surface area contributed by atoms with Crippen LogP contribution in [0.1, 0.15) is 177 Å². The maximum atomic E-state index is 15.0. The largest absolute Gasteiger partial charge is 0.461 e. The summed E-state index contributed by atoms with van der Waals surface area (Å²) in [7, 11) is 0. The molecule has 0 unspecified atom stereocenters. The fourth-order valence-corrected chi connectivity index (χ4v) is 17.2. The van der Waals surface area contributed by atoms with Crippen molar-refractivity contribution in [3.05, 3.63) is 118 Å². The van der Waals surface area contributed by atoms with Gasteiger partial charge in [-0.15, -0.1) is 0 Å². The van der Waals surface area contributed by atoms with E-state index < -0.39 is 149 Å². The van der Waals surface area contributed by atoms with Gasteiger partial charge in [-0.25, -0.2) is 22.4 Å². The lowest BCUT2D eigenvalue weighted by Gasteiger charge is -2.30. The molecular weight excluding hydrogens is 1530 g/mol. The Morgan fingerprint density at radius 1 is 0.415 bits per heavy atom. The van der Waals surface area contributed by atoms with Crippen LogP contribution in [0.3, 0.4) is 0 Å². The van der Waals surface area contributed by atoms with Gasteiger partial charge in [-0.2, -0.15) is 0 Å². The van der Waals surface area contributed by atoms with Crippen molar-refractivity contribution in [2.45, 2.75) is 258 Å². The number of esters is 5. The molecule has 0 saturated carbocycles. The van der Waals surface area contributed by atoms with Crippen LogP contribution in [0.15, 0.2) is 72.8 Å². The fourth-order valence-electron chi connectivity index (χ4n) is 17.2. The first-order valence-corrected chi connectivity index (χ1v) is 40.5. The highest BCUT2D eigenvalue weighted by Gasteiger charge is 2.46. The van der Waals surface area contributed by atoms with Gasteiger partial charge in [-0.3, -0.25) is 43.2 Å². The summed E-state index contributed by atoms with van der Waals surface area (Å²) in [5, 5.41) is 5.43. The Balaban J connectivity index is 0.000000238. The monoisotopic (exact) mass is 1640 g/mol. The van der Waals surface area contributed by atoms with E-state index in [1.165, 1.54) is 76.2 Å². The van der Waals surface area contributed by atoms with E-state index in [-0.39, 0.29) is 82.4 Å². The third-order valence-corrected chi connectivity index (χ3v) is 22.3. The lowest BCUT2D eigenvalue weighted by atomic mass is 9.94. The summed E-state index contributed by atoms with van der Waals surface area (Å²) in [6.45, 7) is 23.4. The molecule has 8 heterocycles. The van der Waals surface area contributed by atoms with Gasteiger partial charge >= 0.3 is 35.9 Å². The standard InChI is InChI=1S/C49H63F2N5O10.C38H46F2N6O6/c1-11-28(17-42(59)65-48(5,6)7)45(60)55-24-33(63-26(3)57)20-31(55)22-37-35-15-13-29(50)18-40(35)52-43(37)44-38(36-16-14-30(51)19-41(36)53-44)23-32-21-34(64-27(4)58)25-56(32)46(61)39(12-2)54-47(62)66-49(8,9)10;1-5-31(41)37(49)45-17-25(51-19(3)47)13-23(45)15-29-27-9-7-21(39)11-33(27)43-35(29)36-30(28-10-8-22(40)12-34(28)44-36)16-24-14-26(52-20(4)48)18-46(24)38(50)32(42)6-2/h13-16,18-19,28,31-34,39,52-53H,11-12,17,20-25H2,1-10H3,(H,54,62);7-12,23-26,31-32,43-44H,5-6,13-18,41-42H2,1-4H3/t28-,31+,32+,33+,34+,39+;23-,24-,25-,26-,31-,32-/m10/s1. The minimum Gasteiger partial charge on any atom is -0.461 e. The molecule has 4 fully saturated rings. The summed E-state index contributed by atoms with van der Waals surface area (Å²) in [5.74, 6) is -6.25. The average Bonchev–Trinajstić information content (AvgIpc) is 1.59. The third-order valence-electron chi connectivity index (χ3n) is 22.3. The smallest absolute Gasteiger partial charge is 0.408 e. The lowest BCUT2D eigenvalue weighted by molar-refractivity contribution is -0.158. The Hall–Kier alpha value is -10.8. The summed E-state index contributed by atoms with van der Waals surface area (Å²) in [6, 6.07) is 13.2. The summed E-state index contributed by atoms with van der Waals surface area (Å²) in [6.07, 6.45) is 0.447. The highest BCUT2D eigenvalue weighted by Crippen LogP contribution is 2.44. The first kappa shape index (κ1) is 88.0. The SMILES string of the molecule is CC[C@H](CC(=O)OC(C)(C)C)C(=O)N1C[C@@H](OC(C)=O)C[C@H]1Cc1c(-c2[nH]c3cc(F)ccc3c2C[C@@H]2C[C@H](OC(C)=O)CN2C(=O)[C@H](CC)NC(=O)OC(C)(C)C)[nH]c2cc(F)ccc12.CC[C@H](N)C(=O)N1C[C@@H](OC(C)=O)C[C@H]1Cc1c(-c2[nH]c3cc(F)ccc3c2C[C@@H]2C[C@H](OC(C)=O)CN2C(=O)[C@@H](N)CC)[nH]c2cc(F)ccc12. The van der Waals surface area contributed by atoms with E-state index in [9.17, 15) is 56.7 Å². The molecule has 9 N–H and O–H groups in total. The van der Waals surface area contributed by atoms with Crippen LogP contribution in [0, 0.1) is 29.2 Å². The summed E-state index contributed by atoms with van der Waals surface area (Å²) in [4.78, 5) is 150. The van der Waals surface area contributed by atoms with Crippen molar-refractivity contribution in [3.63, 3.8) is 0 Å². The Morgan fingerprint density at radius 2 is 0.695 bits per heavy atom. The number of carbonyl (C=O) groups is 10. The minimum absolute atomic E-state index is 0.0561. The molecule has 0 bridgehead atoms. The van der Waals surface area contributed by atoms with Gasteiger partial charge in [0.1, 0.15) is 64.9 Å². The normalized spacial score (nSPS) is 20.5. The molecule has 8 aromatic rings. The average molecular weight is 1640 g/mol. The van der Waals surface area contributed by atoms with E-state index in [1.54, 1.807) is 92.3 Å². The van der Waals surface area contributed by atoms with E-state index >= 15 is 8.78 Å². The number of ether oxygens (including phenoxy) is 6. The Kier molecular flexibility index (Phi) is 27.3. The molecule has 12 atom stereocenters. The number of hydrogen-bond donors (Lipinski definition) is 7. The van der Waals surface area contributed by atoms with Crippen LogP contribution >= 0.6 is 0 Å². The van der Waals surface area contributed by atoms with Gasteiger partial charge in [0.15, 0.2) is 0 Å². The second-order valence-corrected chi connectivity index (χ2v) is 33.5. The van der Waals surface area contributed by atoms with Crippen LogP contribution in [0.25, 0.3) is 66.4 Å². The molecule has 4 saturated heterocycles. The molecule has 27 nitrogen and oxygen atoms in total. The van der Waals surface area contributed by atoms with E-state index in [0.717, 1.165) is 21.9 Å². The van der Waals surface area contributed by atoms with Crippen molar-refractivity contribution in [2.75, 3.05) is 26.2 Å². The van der Waals surface area contributed by atoms with Crippen molar-refractivity contribution >= 4 is 103 Å². The summed E-state index contributed by atoms with van der Waals surface area (Å²) in [5.41, 5.74) is 17.9. The van der Waals surface area contributed by atoms with Gasteiger partial charge in [-0.05, 0) is 188 Å². The maximum Gasteiger partial charge on any atom is 0.408 e. The molecule has 4 aromatic carbocycles. The number of halogens is 4. The number of nitrogens with two attached hydrogens (primary N) is 2. The van der Waals surface area contributed by atoms with Crippen molar-refractivity contribution in [1.82, 2.24) is 44.9 Å². The molecule has 4 aliphatic heterocycles. The zero-order valence-electron chi connectivity index (χ0n) is 69.4. The number of hydrogen-bond acceptors (Lipinski definition) is 18. The van der Waals surface area contributed by atoms with Crippen LogP contribution in [-0.2, 0) is 97.3 Å². The molecule has 0 radical (unpaired) electrons. The second kappa shape index (κ2) is 36.6. The fraction of sp³-hybridized carbons (Fsp3) is 0.517. The summed E-state index contributed by atoms with van der Waals surface area (Å²) < 4.78 is 92.9. The van der Waals surface area contributed by atoms with E-state index in [4.69, 9.17) is 39.9 Å². The number of rotatable bonds is 25. The topological polar surface area (TPSA) is 366 Å². The quantitative estimate of drug-likeness (QED) is 0.0159. The van der Waals surface area contributed by atoms with Gasteiger partial charge in [0.25, 0.3) is 0 Å². The molecule has 636 valence electrons. The third kappa shape index (κ3) is 20.6. The number of carbonyl (C=O) groups excluding carboxylic acids is 10. The van der Waals surface area contributed by atoms with Gasteiger partial charge in [0.2, 0.25) is 23.6 Å². The summed E-state index contributed by atoms with van der Waals surface area (Å²) >= 11 is 0. The molecule has 31 heteroatoms. The van der Waals surface area contributed by atoms with E-state index in [1.807, 2.05) is 20.8 Å². The molecule has 0 spiro atoms. The number of fused-ring (bicyclic) bond motifs is 4. The number of amides is 5. The van der Waals surface area contributed by atoms with Crippen LogP contribution in [0.5, 0.6) is 0 Å². The molecule has 118 heavy (non-hydrogen) atoms. The number of alkyl carbamates (subject to hydrolysis) is 1. The van der Waals surface area contributed by atoms with E-state index in [2.05, 4.69) is 25.3 Å². The maximum absolute atomic E-state index is 15.0. The van der Waals surface area contributed by atoms with Crippen LogP contribution in [-0.4, -0.2) is 203 Å². The van der Waals surface area contributed by atoms with Crippen LogP contribution in [0.4, 0.5) is 22.4 Å². The highest BCUT2D eigenvalue weighted by molar-refractivity contribution is 5.99. The Labute approximate surface area is 681 Å². The lowest BCUT2D eigenvalue weighted by Crippen LogP contribution is -2.51. The zero-order chi connectivity index (χ0) is 85.8.